The summed E-state index contributed by atoms with van der Waals surface area (Å²) < 4.78 is 10.8. The molecule has 1 amide bonds. The third-order valence-corrected chi connectivity index (χ3v) is 4.29. The van der Waals surface area contributed by atoms with E-state index in [-0.39, 0.29) is 17.9 Å². The maximum atomic E-state index is 12.2. The Kier molecular flexibility index (Phi) is 4.45. The molecule has 1 unspecified atom stereocenters. The van der Waals surface area contributed by atoms with E-state index in [4.69, 9.17) is 9.47 Å². The van der Waals surface area contributed by atoms with Crippen molar-refractivity contribution in [2.45, 2.75) is 18.4 Å². The fraction of sp³-hybridized carbons (Fsp3) is 0.412. The predicted molar refractivity (Wildman–Crippen MR) is 86.5 cm³/mol. The summed E-state index contributed by atoms with van der Waals surface area (Å²) in [6, 6.07) is 9.26. The summed E-state index contributed by atoms with van der Waals surface area (Å²) in [6.07, 6.45) is 0.793. The molecule has 2 heterocycles. The molecule has 0 radical (unpaired) electrons. The zero-order chi connectivity index (χ0) is 16.3. The lowest BCUT2D eigenvalue weighted by Crippen LogP contribution is -2.45. The number of carbonyl (C=O) groups excluding carboxylic acids is 1. The second-order valence-electron chi connectivity index (χ2n) is 5.85. The number of hydrogen-bond donors (Lipinski definition) is 2. The quantitative estimate of drug-likeness (QED) is 0.862. The third-order valence-electron chi connectivity index (χ3n) is 4.29. The summed E-state index contributed by atoms with van der Waals surface area (Å²) in [5.41, 5.74) is 0.536. The first-order valence-corrected chi connectivity index (χ1v) is 7.62. The first-order valence-electron chi connectivity index (χ1n) is 7.62. The van der Waals surface area contributed by atoms with Gasteiger partial charge in [-0.3, -0.25) is 9.59 Å². The molecule has 0 bridgehead atoms. The second kappa shape index (κ2) is 6.52. The number of methoxy groups -OCH3 is 1. The molecular weight excluding hydrogens is 296 g/mol. The van der Waals surface area contributed by atoms with Crippen LogP contribution >= 0.6 is 0 Å². The summed E-state index contributed by atoms with van der Waals surface area (Å²) in [4.78, 5) is 27.0. The van der Waals surface area contributed by atoms with Crippen LogP contribution in [0.25, 0.3) is 10.9 Å². The fourth-order valence-corrected chi connectivity index (χ4v) is 2.78. The van der Waals surface area contributed by atoms with Crippen LogP contribution in [0.15, 0.2) is 35.1 Å². The van der Waals surface area contributed by atoms with Crippen LogP contribution in [0.4, 0.5) is 0 Å². The number of hydrogen-bond acceptors (Lipinski definition) is 4. The molecule has 0 saturated carbocycles. The van der Waals surface area contributed by atoms with Gasteiger partial charge in [-0.25, -0.2) is 0 Å². The van der Waals surface area contributed by atoms with Crippen LogP contribution in [0.2, 0.25) is 0 Å². The van der Waals surface area contributed by atoms with Gasteiger partial charge in [-0.05, 0) is 17.5 Å². The molecule has 3 rings (SSSR count). The number of benzene rings is 1. The van der Waals surface area contributed by atoms with Crippen LogP contribution in [-0.2, 0) is 20.7 Å². The number of aromatic nitrogens is 1. The summed E-state index contributed by atoms with van der Waals surface area (Å²) in [7, 11) is 1.62. The van der Waals surface area contributed by atoms with Crippen molar-refractivity contribution < 1.29 is 14.3 Å². The molecule has 2 N–H and O–H groups in total. The fourth-order valence-electron chi connectivity index (χ4n) is 2.78. The van der Waals surface area contributed by atoms with Gasteiger partial charge in [0.1, 0.15) is 5.60 Å². The van der Waals surface area contributed by atoms with Crippen molar-refractivity contribution >= 4 is 16.8 Å². The van der Waals surface area contributed by atoms with E-state index >= 15 is 0 Å². The lowest BCUT2D eigenvalue weighted by Gasteiger charge is -2.25. The van der Waals surface area contributed by atoms with Crippen molar-refractivity contribution in [3.8, 4) is 0 Å². The van der Waals surface area contributed by atoms with Crippen LogP contribution in [0.5, 0.6) is 0 Å². The topological polar surface area (TPSA) is 80.4 Å². The average Bonchev–Trinajstić information content (AvgIpc) is 3.03. The molecule has 1 saturated heterocycles. The molecule has 0 spiro atoms. The van der Waals surface area contributed by atoms with Crippen molar-refractivity contribution in [1.29, 1.82) is 0 Å². The van der Waals surface area contributed by atoms with Gasteiger partial charge in [-0.1, -0.05) is 18.2 Å². The molecule has 6 heteroatoms. The molecule has 1 atom stereocenters. The molecule has 2 aromatic rings. The Morgan fingerprint density at radius 2 is 2.26 bits per heavy atom. The highest BCUT2D eigenvalue weighted by Crippen LogP contribution is 2.21. The molecule has 1 aliphatic rings. The maximum Gasteiger partial charge on any atom is 0.252 e. The summed E-state index contributed by atoms with van der Waals surface area (Å²) >= 11 is 0. The largest absolute Gasteiger partial charge is 0.378 e. The molecule has 1 aromatic carbocycles. The number of aromatic amines is 1. The molecule has 1 aliphatic heterocycles. The minimum atomic E-state index is -0.453. The van der Waals surface area contributed by atoms with Crippen molar-refractivity contribution in [3.63, 3.8) is 0 Å². The van der Waals surface area contributed by atoms with Gasteiger partial charge >= 0.3 is 0 Å². The smallest absolute Gasteiger partial charge is 0.252 e. The maximum absolute atomic E-state index is 12.2. The number of rotatable bonds is 5. The van der Waals surface area contributed by atoms with Crippen molar-refractivity contribution in [1.82, 2.24) is 10.3 Å². The Balaban J connectivity index is 1.68. The molecule has 1 fully saturated rings. The lowest BCUT2D eigenvalue weighted by molar-refractivity contribution is -0.122. The number of amides is 1. The van der Waals surface area contributed by atoms with Gasteiger partial charge in [0, 0.05) is 37.8 Å². The number of H-pyrrole nitrogens is 1. The number of carbonyl (C=O) groups is 1. The van der Waals surface area contributed by atoms with Crippen LogP contribution in [0, 0.1) is 0 Å². The molecule has 23 heavy (non-hydrogen) atoms. The van der Waals surface area contributed by atoms with Gasteiger partial charge in [0.15, 0.2) is 0 Å². The normalized spacial score (nSPS) is 20.7. The Morgan fingerprint density at radius 1 is 1.43 bits per heavy atom. The van der Waals surface area contributed by atoms with Crippen molar-refractivity contribution in [3.05, 3.63) is 46.2 Å². The average molecular weight is 316 g/mol. The highest BCUT2D eigenvalue weighted by molar-refractivity contribution is 5.82. The zero-order valence-corrected chi connectivity index (χ0v) is 13.1. The van der Waals surface area contributed by atoms with E-state index in [0.717, 1.165) is 17.3 Å². The number of pyridine rings is 1. The molecule has 122 valence electrons. The number of ether oxygens (including phenoxy) is 2. The van der Waals surface area contributed by atoms with Gasteiger partial charge in [-0.15, -0.1) is 0 Å². The van der Waals surface area contributed by atoms with Gasteiger partial charge < -0.3 is 19.8 Å². The van der Waals surface area contributed by atoms with Gasteiger partial charge in [0.25, 0.3) is 5.56 Å². The Morgan fingerprint density at radius 3 is 3.00 bits per heavy atom. The van der Waals surface area contributed by atoms with Gasteiger partial charge in [0.05, 0.1) is 13.0 Å². The number of fused-ring (bicyclic) bond motifs is 1. The van der Waals surface area contributed by atoms with Gasteiger partial charge in [0.2, 0.25) is 5.91 Å². The summed E-state index contributed by atoms with van der Waals surface area (Å²) in [5.74, 6) is -0.200. The molecular formula is C17H20N2O4. The Bertz CT molecular complexity index is 763. The van der Waals surface area contributed by atoms with E-state index in [1.807, 2.05) is 24.3 Å². The van der Waals surface area contributed by atoms with Crippen molar-refractivity contribution in [2.24, 2.45) is 0 Å². The number of nitrogens with one attached hydrogen (secondary N) is 2. The third kappa shape index (κ3) is 3.43. The second-order valence-corrected chi connectivity index (χ2v) is 5.85. The van der Waals surface area contributed by atoms with Crippen LogP contribution < -0.4 is 10.9 Å². The van der Waals surface area contributed by atoms with E-state index in [2.05, 4.69) is 10.3 Å². The monoisotopic (exact) mass is 316 g/mol. The Hall–Kier alpha value is -2.18. The van der Waals surface area contributed by atoms with Crippen LogP contribution in [0.1, 0.15) is 12.0 Å². The molecule has 0 aliphatic carbocycles. The molecule has 6 nitrogen and oxygen atoms in total. The van der Waals surface area contributed by atoms with E-state index in [1.54, 1.807) is 13.2 Å². The highest BCUT2D eigenvalue weighted by Gasteiger charge is 2.35. The SMILES string of the molecule is COC1(CNC(=O)Cc2cc3ccccc3[nH]c2=O)CCOC1. The number of para-hydroxylation sites is 1. The first-order chi connectivity index (χ1) is 11.1. The van der Waals surface area contributed by atoms with Gasteiger partial charge in [-0.2, -0.15) is 0 Å². The zero-order valence-electron chi connectivity index (χ0n) is 13.1. The van der Waals surface area contributed by atoms with Crippen LogP contribution in [0.3, 0.4) is 0 Å². The first kappa shape index (κ1) is 15.7. The van der Waals surface area contributed by atoms with E-state index in [0.29, 0.717) is 25.3 Å². The van der Waals surface area contributed by atoms with E-state index in [9.17, 15) is 9.59 Å². The minimum absolute atomic E-state index is 0.0425. The summed E-state index contributed by atoms with van der Waals surface area (Å²) in [6.45, 7) is 1.49. The standard InChI is InChI=1S/C17H20N2O4/c1-22-17(6-7-23-11-17)10-18-15(20)9-13-8-12-4-2-3-5-14(12)19-16(13)21/h2-5,8H,6-7,9-11H2,1H3,(H,18,20)(H,19,21). The van der Waals surface area contributed by atoms with E-state index in [1.165, 1.54) is 0 Å². The Labute approximate surface area is 133 Å². The minimum Gasteiger partial charge on any atom is -0.378 e. The van der Waals surface area contributed by atoms with Crippen LogP contribution in [-0.4, -0.2) is 43.4 Å². The molecule has 1 aromatic heterocycles. The van der Waals surface area contributed by atoms with Crippen molar-refractivity contribution in [2.75, 3.05) is 26.9 Å². The predicted octanol–water partition coefficient (Wildman–Crippen LogP) is 0.992. The van der Waals surface area contributed by atoms with E-state index < -0.39 is 5.60 Å². The lowest BCUT2D eigenvalue weighted by atomic mass is 10.0. The highest BCUT2D eigenvalue weighted by atomic mass is 16.5. The summed E-state index contributed by atoms with van der Waals surface area (Å²) in [5, 5.41) is 3.75.